The maximum absolute atomic E-state index is 13.8. The Morgan fingerprint density at radius 1 is 1.30 bits per heavy atom. The summed E-state index contributed by atoms with van der Waals surface area (Å²) in [6, 6.07) is 5.12. The van der Waals surface area contributed by atoms with E-state index in [0.717, 1.165) is 23.7 Å². The van der Waals surface area contributed by atoms with Gasteiger partial charge in [0, 0.05) is 17.8 Å². The average Bonchev–Trinajstić information content (AvgIpc) is 2.99. The summed E-state index contributed by atoms with van der Waals surface area (Å²) in [6.45, 7) is 0. The minimum Gasteiger partial charge on any atom is -0.504 e. The van der Waals surface area contributed by atoms with Crippen LogP contribution in [0.5, 0.6) is 11.5 Å². The molecule has 0 amide bonds. The van der Waals surface area contributed by atoms with Crippen molar-refractivity contribution in [1.82, 2.24) is 14.6 Å². The lowest BCUT2D eigenvalue weighted by Gasteiger charge is -2.05. The summed E-state index contributed by atoms with van der Waals surface area (Å²) in [6.07, 6.45) is 1.28. The van der Waals surface area contributed by atoms with Crippen LogP contribution in [0.15, 0.2) is 30.5 Å². The standard InChI is InChI=1S/C13H7FN4O4S/c14-13-7(2-1-3-15-13)12-10(16-17-23-12)6-4-8(18(21)22)11(20)9(19)5-6/h1-5,19-20H. The predicted octanol–water partition coefficient (Wildman–Crippen LogP) is 2.73. The summed E-state index contributed by atoms with van der Waals surface area (Å²) in [5.41, 5.74) is -0.294. The van der Waals surface area contributed by atoms with Gasteiger partial charge in [0.25, 0.3) is 0 Å². The van der Waals surface area contributed by atoms with E-state index in [0.29, 0.717) is 4.88 Å². The van der Waals surface area contributed by atoms with Crippen molar-refractivity contribution in [2.24, 2.45) is 0 Å². The first kappa shape index (κ1) is 14.8. The van der Waals surface area contributed by atoms with Gasteiger partial charge in [-0.25, -0.2) is 4.98 Å². The molecule has 0 fully saturated rings. The minimum absolute atomic E-state index is 0.124. The van der Waals surface area contributed by atoms with E-state index in [2.05, 4.69) is 14.6 Å². The van der Waals surface area contributed by atoms with Crippen LogP contribution in [0.25, 0.3) is 21.7 Å². The molecule has 0 saturated carbocycles. The molecule has 2 aromatic heterocycles. The fraction of sp³-hybridized carbons (Fsp3) is 0. The van der Waals surface area contributed by atoms with E-state index in [1.165, 1.54) is 18.3 Å². The molecular weight excluding hydrogens is 327 g/mol. The van der Waals surface area contributed by atoms with E-state index in [1.807, 2.05) is 0 Å². The Morgan fingerprint density at radius 2 is 2.09 bits per heavy atom. The third-order valence-corrected chi connectivity index (χ3v) is 3.79. The lowest BCUT2D eigenvalue weighted by Crippen LogP contribution is -1.92. The molecule has 3 rings (SSSR count). The minimum atomic E-state index is -0.851. The number of nitrogens with zero attached hydrogens (tertiary/aromatic N) is 4. The summed E-state index contributed by atoms with van der Waals surface area (Å²) >= 11 is 0.881. The fourth-order valence-electron chi connectivity index (χ4n) is 1.99. The lowest BCUT2D eigenvalue weighted by molar-refractivity contribution is -0.385. The van der Waals surface area contributed by atoms with Gasteiger partial charge in [-0.15, -0.1) is 5.10 Å². The zero-order valence-electron chi connectivity index (χ0n) is 11.2. The maximum atomic E-state index is 13.8. The Bertz CT molecular complexity index is 915. The number of pyridine rings is 1. The average molecular weight is 334 g/mol. The molecule has 116 valence electrons. The van der Waals surface area contributed by atoms with Crippen molar-refractivity contribution < 1.29 is 19.5 Å². The SMILES string of the molecule is O=[N+]([O-])c1cc(-c2nnsc2-c2cccnc2F)cc(O)c1O. The Kier molecular flexibility index (Phi) is 3.58. The number of halogens is 1. The normalized spacial score (nSPS) is 10.7. The van der Waals surface area contributed by atoms with E-state index in [4.69, 9.17) is 0 Å². The second kappa shape index (κ2) is 5.57. The highest BCUT2D eigenvalue weighted by Crippen LogP contribution is 2.42. The Labute approximate surface area is 131 Å². The predicted molar refractivity (Wildman–Crippen MR) is 78.5 cm³/mol. The first-order chi connectivity index (χ1) is 11.0. The third-order valence-electron chi connectivity index (χ3n) is 3.03. The summed E-state index contributed by atoms with van der Waals surface area (Å²) in [7, 11) is 0. The van der Waals surface area contributed by atoms with Crippen LogP contribution < -0.4 is 0 Å². The van der Waals surface area contributed by atoms with E-state index < -0.39 is 28.1 Å². The molecule has 0 radical (unpaired) electrons. The molecule has 0 unspecified atom stereocenters. The molecule has 8 nitrogen and oxygen atoms in total. The van der Waals surface area contributed by atoms with E-state index in [1.54, 1.807) is 0 Å². The number of rotatable bonds is 3. The number of benzene rings is 1. The van der Waals surface area contributed by atoms with E-state index in [9.17, 15) is 24.7 Å². The van der Waals surface area contributed by atoms with Crippen molar-refractivity contribution in [3.05, 3.63) is 46.5 Å². The molecule has 2 N–H and O–H groups in total. The summed E-state index contributed by atoms with van der Waals surface area (Å²) in [4.78, 5) is 13.9. The number of aromatic hydroxyl groups is 2. The highest BCUT2D eigenvalue weighted by molar-refractivity contribution is 7.09. The topological polar surface area (TPSA) is 122 Å². The molecule has 2 heterocycles. The second-order valence-electron chi connectivity index (χ2n) is 4.41. The van der Waals surface area contributed by atoms with Gasteiger partial charge in [-0.3, -0.25) is 10.1 Å². The van der Waals surface area contributed by atoms with Gasteiger partial charge in [0.05, 0.1) is 15.4 Å². The highest BCUT2D eigenvalue weighted by atomic mass is 32.1. The van der Waals surface area contributed by atoms with Crippen molar-refractivity contribution in [2.75, 3.05) is 0 Å². The molecule has 10 heteroatoms. The van der Waals surface area contributed by atoms with E-state index in [-0.39, 0.29) is 16.8 Å². The maximum Gasteiger partial charge on any atom is 0.315 e. The monoisotopic (exact) mass is 334 g/mol. The number of phenols is 2. The van der Waals surface area contributed by atoms with Gasteiger partial charge in [0.15, 0.2) is 5.75 Å². The molecule has 0 saturated heterocycles. The molecule has 0 spiro atoms. The van der Waals surface area contributed by atoms with Crippen LogP contribution in [0, 0.1) is 16.1 Å². The fourth-order valence-corrected chi connectivity index (χ4v) is 2.69. The van der Waals surface area contributed by atoms with Crippen LogP contribution in [0.1, 0.15) is 0 Å². The van der Waals surface area contributed by atoms with Crippen molar-refractivity contribution in [1.29, 1.82) is 0 Å². The largest absolute Gasteiger partial charge is 0.504 e. The molecule has 1 aromatic carbocycles. The van der Waals surface area contributed by atoms with Gasteiger partial charge in [-0.05, 0) is 29.7 Å². The molecule has 23 heavy (non-hydrogen) atoms. The Balaban J connectivity index is 2.21. The van der Waals surface area contributed by atoms with Crippen molar-refractivity contribution >= 4 is 17.2 Å². The van der Waals surface area contributed by atoms with Crippen LogP contribution in [-0.2, 0) is 0 Å². The van der Waals surface area contributed by atoms with Gasteiger partial charge < -0.3 is 10.2 Å². The lowest BCUT2D eigenvalue weighted by atomic mass is 10.1. The molecule has 0 aliphatic carbocycles. The van der Waals surface area contributed by atoms with Gasteiger partial charge in [0.1, 0.15) is 5.69 Å². The molecule has 3 aromatic rings. The van der Waals surface area contributed by atoms with Crippen LogP contribution >= 0.6 is 11.5 Å². The smallest absolute Gasteiger partial charge is 0.315 e. The second-order valence-corrected chi connectivity index (χ2v) is 5.17. The third kappa shape index (κ3) is 2.55. The summed E-state index contributed by atoms with van der Waals surface area (Å²) in [5.74, 6) is -2.27. The molecule has 0 aliphatic rings. The van der Waals surface area contributed by atoms with Crippen LogP contribution in [0.3, 0.4) is 0 Å². The number of aromatic nitrogens is 3. The quantitative estimate of drug-likeness (QED) is 0.327. The first-order valence-corrected chi connectivity index (χ1v) is 6.90. The first-order valence-electron chi connectivity index (χ1n) is 6.13. The number of nitro benzene ring substituents is 1. The Hall–Kier alpha value is -3.14. The van der Waals surface area contributed by atoms with Gasteiger partial charge in [-0.2, -0.15) is 4.39 Å². The number of phenolic OH excluding ortho intramolecular Hbond substituents is 2. The number of hydrogen-bond acceptors (Lipinski definition) is 8. The molecular formula is C13H7FN4O4S. The zero-order valence-corrected chi connectivity index (χ0v) is 12.0. The summed E-state index contributed by atoms with van der Waals surface area (Å²) < 4.78 is 17.6. The molecule has 0 atom stereocenters. The highest BCUT2D eigenvalue weighted by Gasteiger charge is 2.23. The number of hydrogen-bond donors (Lipinski definition) is 2. The van der Waals surface area contributed by atoms with Crippen LogP contribution in [-0.4, -0.2) is 29.7 Å². The summed E-state index contributed by atoms with van der Waals surface area (Å²) in [5, 5.41) is 34.0. The molecule has 0 bridgehead atoms. The zero-order chi connectivity index (χ0) is 16.6. The van der Waals surface area contributed by atoms with Gasteiger partial charge >= 0.3 is 5.69 Å². The van der Waals surface area contributed by atoms with Gasteiger partial charge in [-0.1, -0.05) is 4.49 Å². The van der Waals surface area contributed by atoms with Crippen LogP contribution in [0.2, 0.25) is 0 Å². The molecule has 0 aliphatic heterocycles. The van der Waals surface area contributed by atoms with Crippen molar-refractivity contribution in [2.45, 2.75) is 0 Å². The van der Waals surface area contributed by atoms with Crippen LogP contribution in [0.4, 0.5) is 10.1 Å². The Morgan fingerprint density at radius 3 is 2.78 bits per heavy atom. The van der Waals surface area contributed by atoms with E-state index >= 15 is 0 Å². The van der Waals surface area contributed by atoms with Crippen molar-refractivity contribution in [3.8, 4) is 33.2 Å². The van der Waals surface area contributed by atoms with Gasteiger partial charge in [0.2, 0.25) is 11.7 Å². The van der Waals surface area contributed by atoms with Crippen molar-refractivity contribution in [3.63, 3.8) is 0 Å². The number of nitro groups is 1.